The molecule has 0 bridgehead atoms. The van der Waals surface area contributed by atoms with Gasteiger partial charge in [-0.15, -0.1) is 0 Å². The van der Waals surface area contributed by atoms with Gasteiger partial charge in [0.1, 0.15) is 0 Å². The standard InChI is InChI=1S/C7H16N2O3S/c1-2-8-13(11,12)9-5-3-4-7(9)6-10/h7-8,10H,2-6H2,1H3/t7-/m1/s1. The number of aliphatic hydroxyl groups is 1. The number of hydrogen-bond donors (Lipinski definition) is 2. The minimum Gasteiger partial charge on any atom is -0.395 e. The predicted molar refractivity (Wildman–Crippen MR) is 49.4 cm³/mol. The van der Waals surface area contributed by atoms with Gasteiger partial charge >= 0.3 is 0 Å². The molecule has 1 heterocycles. The Morgan fingerprint density at radius 3 is 2.85 bits per heavy atom. The van der Waals surface area contributed by atoms with Crippen LogP contribution in [-0.4, -0.2) is 43.6 Å². The van der Waals surface area contributed by atoms with Crippen molar-refractivity contribution < 1.29 is 13.5 Å². The van der Waals surface area contributed by atoms with Gasteiger partial charge in [-0.3, -0.25) is 0 Å². The highest BCUT2D eigenvalue weighted by molar-refractivity contribution is 7.87. The Hall–Kier alpha value is -0.170. The quantitative estimate of drug-likeness (QED) is 0.641. The molecule has 5 nitrogen and oxygen atoms in total. The molecule has 0 aromatic carbocycles. The molecule has 1 aliphatic heterocycles. The van der Waals surface area contributed by atoms with Gasteiger partial charge in [-0.25, -0.2) is 4.72 Å². The SMILES string of the molecule is CCNS(=O)(=O)N1CCC[C@@H]1CO. The van der Waals surface area contributed by atoms with E-state index in [4.69, 9.17) is 5.11 Å². The van der Waals surface area contributed by atoms with Gasteiger partial charge in [0.2, 0.25) is 0 Å². The summed E-state index contributed by atoms with van der Waals surface area (Å²) in [5.74, 6) is 0. The average Bonchev–Trinajstić information content (AvgIpc) is 2.51. The van der Waals surface area contributed by atoms with Crippen LogP contribution in [0.5, 0.6) is 0 Å². The molecular formula is C7H16N2O3S. The van der Waals surface area contributed by atoms with Gasteiger partial charge < -0.3 is 5.11 Å². The zero-order valence-electron chi connectivity index (χ0n) is 7.73. The lowest BCUT2D eigenvalue weighted by molar-refractivity contribution is 0.212. The van der Waals surface area contributed by atoms with E-state index in [0.29, 0.717) is 13.1 Å². The molecule has 78 valence electrons. The van der Waals surface area contributed by atoms with E-state index < -0.39 is 10.2 Å². The van der Waals surface area contributed by atoms with Crippen molar-refractivity contribution in [3.8, 4) is 0 Å². The van der Waals surface area contributed by atoms with Gasteiger partial charge in [0.15, 0.2) is 0 Å². The molecule has 1 aliphatic rings. The van der Waals surface area contributed by atoms with E-state index in [1.807, 2.05) is 0 Å². The van der Waals surface area contributed by atoms with Gasteiger partial charge in [0, 0.05) is 19.1 Å². The number of rotatable bonds is 4. The Morgan fingerprint density at radius 2 is 2.31 bits per heavy atom. The second kappa shape index (κ2) is 4.36. The molecule has 1 saturated heterocycles. The van der Waals surface area contributed by atoms with Crippen molar-refractivity contribution in [3.63, 3.8) is 0 Å². The van der Waals surface area contributed by atoms with Gasteiger partial charge in [-0.05, 0) is 12.8 Å². The molecule has 0 amide bonds. The maximum Gasteiger partial charge on any atom is 0.279 e. The summed E-state index contributed by atoms with van der Waals surface area (Å²) in [5, 5.41) is 8.93. The molecule has 0 radical (unpaired) electrons. The fourth-order valence-corrected chi connectivity index (χ4v) is 3.04. The van der Waals surface area contributed by atoms with Crippen molar-refractivity contribution in [2.75, 3.05) is 19.7 Å². The van der Waals surface area contributed by atoms with Crippen LogP contribution in [-0.2, 0) is 10.2 Å². The van der Waals surface area contributed by atoms with Crippen LogP contribution >= 0.6 is 0 Å². The highest BCUT2D eigenvalue weighted by atomic mass is 32.2. The van der Waals surface area contributed by atoms with Crippen LogP contribution < -0.4 is 4.72 Å². The van der Waals surface area contributed by atoms with Gasteiger partial charge in [0.25, 0.3) is 10.2 Å². The molecule has 0 aliphatic carbocycles. The number of nitrogens with zero attached hydrogens (tertiary/aromatic N) is 1. The minimum absolute atomic E-state index is 0.0926. The highest BCUT2D eigenvalue weighted by Gasteiger charge is 2.32. The molecule has 1 rings (SSSR count). The number of hydrogen-bond acceptors (Lipinski definition) is 3. The number of nitrogens with one attached hydrogen (secondary N) is 1. The fourth-order valence-electron chi connectivity index (χ4n) is 1.57. The fraction of sp³-hybridized carbons (Fsp3) is 1.00. The van der Waals surface area contributed by atoms with Crippen molar-refractivity contribution >= 4 is 10.2 Å². The van der Waals surface area contributed by atoms with Crippen molar-refractivity contribution in [1.82, 2.24) is 9.03 Å². The van der Waals surface area contributed by atoms with Crippen molar-refractivity contribution in [2.45, 2.75) is 25.8 Å². The number of aliphatic hydroxyl groups excluding tert-OH is 1. The summed E-state index contributed by atoms with van der Waals surface area (Å²) in [6.07, 6.45) is 1.58. The van der Waals surface area contributed by atoms with Crippen molar-refractivity contribution in [1.29, 1.82) is 0 Å². The second-order valence-electron chi connectivity index (χ2n) is 3.09. The first-order chi connectivity index (χ1) is 6.11. The Balaban J connectivity index is 2.69. The summed E-state index contributed by atoms with van der Waals surface area (Å²) in [4.78, 5) is 0. The third-order valence-electron chi connectivity index (χ3n) is 2.17. The van der Waals surface area contributed by atoms with Crippen LogP contribution in [0.1, 0.15) is 19.8 Å². The Kier molecular flexibility index (Phi) is 3.66. The summed E-state index contributed by atoms with van der Waals surface area (Å²) in [5.41, 5.74) is 0. The van der Waals surface area contributed by atoms with E-state index in [9.17, 15) is 8.42 Å². The van der Waals surface area contributed by atoms with Gasteiger partial charge in [0.05, 0.1) is 6.61 Å². The highest BCUT2D eigenvalue weighted by Crippen LogP contribution is 2.19. The predicted octanol–water partition coefficient (Wildman–Crippen LogP) is -0.703. The largest absolute Gasteiger partial charge is 0.395 e. The van der Waals surface area contributed by atoms with Crippen LogP contribution in [0.15, 0.2) is 0 Å². The van der Waals surface area contributed by atoms with E-state index in [-0.39, 0.29) is 12.6 Å². The molecule has 0 unspecified atom stereocenters. The summed E-state index contributed by atoms with van der Waals surface area (Å²) in [6, 6.07) is -0.232. The monoisotopic (exact) mass is 208 g/mol. The topological polar surface area (TPSA) is 69.6 Å². The molecule has 0 aromatic heterocycles. The molecular weight excluding hydrogens is 192 g/mol. The maximum atomic E-state index is 11.5. The lowest BCUT2D eigenvalue weighted by Crippen LogP contribution is -2.44. The van der Waals surface area contributed by atoms with Crippen LogP contribution in [0, 0.1) is 0 Å². The third kappa shape index (κ3) is 2.40. The summed E-state index contributed by atoms with van der Waals surface area (Å²) >= 11 is 0. The Labute approximate surface area is 78.9 Å². The molecule has 0 spiro atoms. The minimum atomic E-state index is -3.35. The first-order valence-electron chi connectivity index (χ1n) is 4.49. The van der Waals surface area contributed by atoms with Crippen molar-refractivity contribution in [3.05, 3.63) is 0 Å². The second-order valence-corrected chi connectivity index (χ2v) is 4.80. The lowest BCUT2D eigenvalue weighted by Gasteiger charge is -2.21. The van der Waals surface area contributed by atoms with Crippen molar-refractivity contribution in [2.24, 2.45) is 0 Å². The Morgan fingerprint density at radius 1 is 1.62 bits per heavy atom. The molecule has 0 aromatic rings. The molecule has 2 N–H and O–H groups in total. The maximum absolute atomic E-state index is 11.5. The molecule has 6 heteroatoms. The van der Waals surface area contributed by atoms with E-state index in [1.165, 1.54) is 4.31 Å². The van der Waals surface area contributed by atoms with E-state index >= 15 is 0 Å². The van der Waals surface area contributed by atoms with Gasteiger partial charge in [-0.2, -0.15) is 12.7 Å². The summed E-state index contributed by atoms with van der Waals surface area (Å²) in [6.45, 7) is 2.55. The zero-order valence-corrected chi connectivity index (χ0v) is 8.55. The van der Waals surface area contributed by atoms with E-state index in [2.05, 4.69) is 4.72 Å². The lowest BCUT2D eigenvalue weighted by atomic mass is 10.2. The smallest absolute Gasteiger partial charge is 0.279 e. The normalized spacial score (nSPS) is 25.2. The average molecular weight is 208 g/mol. The zero-order chi connectivity index (χ0) is 9.90. The summed E-state index contributed by atoms with van der Waals surface area (Å²) in [7, 11) is -3.35. The van der Waals surface area contributed by atoms with Crippen LogP contribution in [0.3, 0.4) is 0 Å². The first-order valence-corrected chi connectivity index (χ1v) is 5.93. The first kappa shape index (κ1) is 10.9. The van der Waals surface area contributed by atoms with Crippen LogP contribution in [0.25, 0.3) is 0 Å². The third-order valence-corrected chi connectivity index (χ3v) is 3.92. The molecule has 13 heavy (non-hydrogen) atoms. The van der Waals surface area contributed by atoms with E-state index in [0.717, 1.165) is 12.8 Å². The van der Waals surface area contributed by atoms with Crippen LogP contribution in [0.2, 0.25) is 0 Å². The van der Waals surface area contributed by atoms with Crippen LogP contribution in [0.4, 0.5) is 0 Å². The summed E-state index contributed by atoms with van der Waals surface area (Å²) < 4.78 is 26.8. The molecule has 1 fully saturated rings. The molecule has 0 saturated carbocycles. The van der Waals surface area contributed by atoms with Gasteiger partial charge in [-0.1, -0.05) is 6.92 Å². The Bertz CT molecular complexity index is 252. The van der Waals surface area contributed by atoms with E-state index in [1.54, 1.807) is 6.92 Å². The molecule has 1 atom stereocenters.